The van der Waals surface area contributed by atoms with Crippen molar-refractivity contribution in [2.45, 2.75) is 0 Å². The molecule has 0 aliphatic heterocycles. The Kier molecular flexibility index (Phi) is 7.53. The molecule has 0 fully saturated rings. The molecule has 0 N–H and O–H groups in total. The second kappa shape index (κ2) is 13.2. The molecule has 0 saturated heterocycles. The molecule has 11 rings (SSSR count). The van der Waals surface area contributed by atoms with Gasteiger partial charge >= 0.3 is 0 Å². The summed E-state index contributed by atoms with van der Waals surface area (Å²) in [6, 6.07) is 76.5. The van der Waals surface area contributed by atoms with Crippen LogP contribution in [0, 0.1) is 0 Å². The van der Waals surface area contributed by atoms with E-state index in [1.54, 1.807) is 0 Å². The van der Waals surface area contributed by atoms with E-state index in [1.165, 1.54) is 43.4 Å². The summed E-state index contributed by atoms with van der Waals surface area (Å²) in [5.74, 6) is 0. The maximum absolute atomic E-state index is 6.48. The van der Waals surface area contributed by atoms with Crippen molar-refractivity contribution < 1.29 is 4.42 Å². The summed E-state index contributed by atoms with van der Waals surface area (Å²) in [6.45, 7) is 0. The van der Waals surface area contributed by atoms with Gasteiger partial charge in [0.2, 0.25) is 0 Å². The lowest BCUT2D eigenvalue weighted by molar-refractivity contribution is 0.670. The van der Waals surface area contributed by atoms with Gasteiger partial charge in [-0.15, -0.1) is 0 Å². The first-order valence-electron chi connectivity index (χ1n) is 19.2. The van der Waals surface area contributed by atoms with Crippen molar-refractivity contribution in [3.63, 3.8) is 0 Å². The topological polar surface area (TPSA) is 16.4 Å². The lowest BCUT2D eigenvalue weighted by Crippen LogP contribution is -2.09. The van der Waals surface area contributed by atoms with Crippen LogP contribution in [0.5, 0.6) is 0 Å². The molecule has 0 aliphatic rings. The molecule has 0 bridgehead atoms. The van der Waals surface area contributed by atoms with Crippen LogP contribution in [0.1, 0.15) is 0 Å². The Morgan fingerprint density at radius 2 is 0.839 bits per heavy atom. The van der Waals surface area contributed by atoms with Crippen molar-refractivity contribution >= 4 is 71.3 Å². The lowest BCUT2D eigenvalue weighted by atomic mass is 9.97. The Hall–Kier alpha value is -7.42. The summed E-state index contributed by atoms with van der Waals surface area (Å²) >= 11 is 0. The van der Waals surface area contributed by atoms with E-state index in [0.717, 1.165) is 61.3 Å². The molecule has 262 valence electrons. The van der Waals surface area contributed by atoms with E-state index in [4.69, 9.17) is 4.42 Å². The maximum Gasteiger partial charge on any atom is 0.143 e. The van der Waals surface area contributed by atoms with E-state index < -0.39 is 0 Å². The maximum atomic E-state index is 6.48. The van der Waals surface area contributed by atoms with Crippen molar-refractivity contribution in [3.8, 4) is 33.4 Å². The average molecular weight is 714 g/mol. The number of rotatable bonds is 6. The molecule has 10 aromatic carbocycles. The first-order chi connectivity index (χ1) is 27.7. The average Bonchev–Trinajstić information content (AvgIpc) is 3.65. The Bertz CT molecular complexity index is 3230. The molecule has 0 amide bonds. The molecule has 1 aromatic heterocycles. The molecule has 0 radical (unpaired) electrons. The molecule has 0 spiro atoms. The quantitative estimate of drug-likeness (QED) is 0.160. The van der Waals surface area contributed by atoms with Crippen LogP contribution in [0.3, 0.4) is 0 Å². The smallest absolute Gasteiger partial charge is 0.143 e. The molecule has 2 heteroatoms. The Labute approximate surface area is 325 Å². The van der Waals surface area contributed by atoms with E-state index in [0.29, 0.717) is 0 Å². The Morgan fingerprint density at radius 3 is 1.64 bits per heavy atom. The minimum atomic E-state index is 0.894. The minimum Gasteiger partial charge on any atom is -0.455 e. The van der Waals surface area contributed by atoms with Crippen LogP contribution < -0.4 is 4.90 Å². The zero-order valence-electron chi connectivity index (χ0n) is 30.6. The van der Waals surface area contributed by atoms with Gasteiger partial charge in [-0.25, -0.2) is 0 Å². The van der Waals surface area contributed by atoms with E-state index in [9.17, 15) is 0 Å². The van der Waals surface area contributed by atoms with Crippen molar-refractivity contribution in [2.24, 2.45) is 0 Å². The largest absolute Gasteiger partial charge is 0.455 e. The standard InChI is InChI=1S/C54H35NO/c1-2-10-38(11-3-1)50-18-9-19-51-52-35-41(26-33-53(52)56-54(50)51)36-22-27-43(28-23-36)55(45-31-32-49-42(34-45)21-20-39-13-5-7-16-47(39)49)44-29-24-40(25-30-44)48-17-8-14-37-12-4-6-15-46(37)48/h1-35H. The van der Waals surface area contributed by atoms with Crippen LogP contribution in [-0.2, 0) is 0 Å². The van der Waals surface area contributed by atoms with Gasteiger partial charge in [-0.3, -0.25) is 0 Å². The fourth-order valence-electron chi connectivity index (χ4n) is 8.48. The van der Waals surface area contributed by atoms with Gasteiger partial charge in [-0.2, -0.15) is 0 Å². The molecule has 0 unspecified atom stereocenters. The number of anilines is 3. The second-order valence-electron chi connectivity index (χ2n) is 14.5. The third-order valence-corrected chi connectivity index (χ3v) is 11.3. The monoisotopic (exact) mass is 713 g/mol. The zero-order valence-corrected chi connectivity index (χ0v) is 30.6. The van der Waals surface area contributed by atoms with Crippen molar-refractivity contribution in [3.05, 3.63) is 212 Å². The fraction of sp³-hybridized carbons (Fsp3) is 0. The van der Waals surface area contributed by atoms with Gasteiger partial charge in [0, 0.05) is 33.4 Å². The molecule has 1 heterocycles. The first-order valence-corrected chi connectivity index (χ1v) is 19.2. The first kappa shape index (κ1) is 32.0. The number of hydrogen-bond donors (Lipinski definition) is 0. The summed E-state index contributed by atoms with van der Waals surface area (Å²) in [6.07, 6.45) is 0. The van der Waals surface area contributed by atoms with Crippen LogP contribution in [0.2, 0.25) is 0 Å². The highest BCUT2D eigenvalue weighted by Crippen LogP contribution is 2.41. The van der Waals surface area contributed by atoms with Crippen molar-refractivity contribution in [1.82, 2.24) is 0 Å². The SMILES string of the molecule is c1ccc(-c2cccc3c2oc2ccc(-c4ccc(N(c5ccc(-c6cccc7ccccc67)cc5)c5ccc6c(ccc7ccccc76)c5)cc4)cc23)cc1. The molecule has 0 saturated carbocycles. The fourth-order valence-corrected chi connectivity index (χ4v) is 8.48. The summed E-state index contributed by atoms with van der Waals surface area (Å²) in [4.78, 5) is 2.36. The Balaban J connectivity index is 1.000. The molecule has 2 nitrogen and oxygen atoms in total. The van der Waals surface area contributed by atoms with Crippen LogP contribution in [0.15, 0.2) is 217 Å². The van der Waals surface area contributed by atoms with Gasteiger partial charge in [0.15, 0.2) is 0 Å². The highest BCUT2D eigenvalue weighted by molar-refractivity contribution is 6.11. The van der Waals surface area contributed by atoms with Crippen LogP contribution in [0.4, 0.5) is 17.1 Å². The number of para-hydroxylation sites is 1. The second-order valence-corrected chi connectivity index (χ2v) is 14.5. The third-order valence-electron chi connectivity index (χ3n) is 11.3. The number of nitrogens with zero attached hydrogens (tertiary/aromatic N) is 1. The minimum absolute atomic E-state index is 0.894. The highest BCUT2D eigenvalue weighted by atomic mass is 16.3. The van der Waals surface area contributed by atoms with Crippen LogP contribution in [0.25, 0.3) is 87.6 Å². The van der Waals surface area contributed by atoms with Crippen LogP contribution in [-0.4, -0.2) is 0 Å². The predicted octanol–water partition coefficient (Wildman–Crippen LogP) is 15.5. The van der Waals surface area contributed by atoms with E-state index in [1.807, 2.05) is 6.07 Å². The molecule has 0 atom stereocenters. The Morgan fingerprint density at radius 1 is 0.286 bits per heavy atom. The number of hydrogen-bond acceptors (Lipinski definition) is 2. The molecule has 11 aromatic rings. The molecular formula is C54H35NO. The summed E-state index contributed by atoms with van der Waals surface area (Å²) in [7, 11) is 0. The van der Waals surface area contributed by atoms with Crippen LogP contribution >= 0.6 is 0 Å². The van der Waals surface area contributed by atoms with Crippen molar-refractivity contribution in [2.75, 3.05) is 4.90 Å². The normalized spacial score (nSPS) is 11.6. The van der Waals surface area contributed by atoms with Gasteiger partial charge in [-0.1, -0.05) is 164 Å². The summed E-state index contributed by atoms with van der Waals surface area (Å²) in [5, 5.41) is 9.75. The molecule has 56 heavy (non-hydrogen) atoms. The van der Waals surface area contributed by atoms with E-state index >= 15 is 0 Å². The van der Waals surface area contributed by atoms with Gasteiger partial charge in [0.1, 0.15) is 11.2 Å². The van der Waals surface area contributed by atoms with Gasteiger partial charge < -0.3 is 9.32 Å². The zero-order chi connectivity index (χ0) is 37.0. The van der Waals surface area contributed by atoms with Crippen molar-refractivity contribution in [1.29, 1.82) is 0 Å². The lowest BCUT2D eigenvalue weighted by Gasteiger charge is -2.26. The number of fused-ring (bicyclic) bond motifs is 7. The van der Waals surface area contributed by atoms with Gasteiger partial charge in [-0.05, 0) is 109 Å². The van der Waals surface area contributed by atoms with E-state index in [2.05, 4.69) is 211 Å². The van der Waals surface area contributed by atoms with Gasteiger partial charge in [0.05, 0.1) is 0 Å². The highest BCUT2D eigenvalue weighted by Gasteiger charge is 2.17. The van der Waals surface area contributed by atoms with E-state index in [-0.39, 0.29) is 0 Å². The summed E-state index contributed by atoms with van der Waals surface area (Å²) in [5.41, 5.74) is 12.1. The summed E-state index contributed by atoms with van der Waals surface area (Å²) < 4.78 is 6.48. The molecular weight excluding hydrogens is 679 g/mol. The number of furan rings is 1. The molecule has 0 aliphatic carbocycles. The predicted molar refractivity (Wildman–Crippen MR) is 237 cm³/mol. The third kappa shape index (κ3) is 5.42. The number of benzene rings is 10. The van der Waals surface area contributed by atoms with Gasteiger partial charge in [0.25, 0.3) is 0 Å².